The van der Waals surface area contributed by atoms with Gasteiger partial charge < -0.3 is 4.98 Å². The van der Waals surface area contributed by atoms with Crippen LogP contribution in [0.4, 0.5) is 0 Å². The zero-order valence-corrected chi connectivity index (χ0v) is 8.74. The van der Waals surface area contributed by atoms with Crippen LogP contribution >= 0.6 is 0 Å². The maximum absolute atomic E-state index is 11.2. The maximum Gasteiger partial charge on any atom is 0.248 e. The largest absolute Gasteiger partial charge is 0.326 e. The first-order valence-corrected chi connectivity index (χ1v) is 4.79. The number of hydrogen-bond donors (Lipinski definition) is 1. The predicted molar refractivity (Wildman–Crippen MR) is 59.8 cm³/mol. The highest BCUT2D eigenvalue weighted by Crippen LogP contribution is 2.23. The molecule has 0 radical (unpaired) electrons. The van der Waals surface area contributed by atoms with Gasteiger partial charge in [0, 0.05) is 35.3 Å². The van der Waals surface area contributed by atoms with Crippen molar-refractivity contribution in [3.8, 4) is 11.1 Å². The van der Waals surface area contributed by atoms with Crippen LogP contribution in [-0.2, 0) is 0 Å². The quantitative estimate of drug-likeness (QED) is 0.765. The maximum atomic E-state index is 11.2. The minimum absolute atomic E-state index is 0.0577. The van der Waals surface area contributed by atoms with Gasteiger partial charge in [-0.1, -0.05) is 6.07 Å². The Morgan fingerprint density at radius 1 is 1.33 bits per heavy atom. The molecule has 3 nitrogen and oxygen atoms in total. The van der Waals surface area contributed by atoms with Crippen LogP contribution in [0.3, 0.4) is 0 Å². The summed E-state index contributed by atoms with van der Waals surface area (Å²) in [5.74, 6) is 0. The van der Waals surface area contributed by atoms with Crippen LogP contribution in [-0.4, -0.2) is 9.97 Å². The topological polar surface area (TPSA) is 45.8 Å². The number of aromatic nitrogens is 2. The Labute approximate surface area is 87.8 Å². The van der Waals surface area contributed by atoms with Crippen molar-refractivity contribution in [3.05, 3.63) is 52.2 Å². The summed E-state index contributed by atoms with van der Waals surface area (Å²) in [5, 5.41) is 0. The average molecular weight is 200 g/mol. The standard InChI is InChI=1S/C12H12N2O/c1-8-6-11(15)14-9(2)12(8)10-4-3-5-13-7-10/h3-7H,1-2H3,(H,14,15). The van der Waals surface area contributed by atoms with Crippen LogP contribution in [0.2, 0.25) is 0 Å². The summed E-state index contributed by atoms with van der Waals surface area (Å²) in [6.45, 7) is 3.83. The number of pyridine rings is 2. The molecule has 0 aromatic carbocycles. The summed E-state index contributed by atoms with van der Waals surface area (Å²) >= 11 is 0. The molecule has 76 valence electrons. The molecular formula is C12H12N2O. The summed E-state index contributed by atoms with van der Waals surface area (Å²) in [4.78, 5) is 18.1. The molecule has 0 unspecified atom stereocenters. The molecule has 3 heteroatoms. The average Bonchev–Trinajstić information content (AvgIpc) is 2.17. The van der Waals surface area contributed by atoms with E-state index in [9.17, 15) is 4.79 Å². The molecule has 2 aromatic rings. The van der Waals surface area contributed by atoms with Gasteiger partial charge in [0.15, 0.2) is 0 Å². The van der Waals surface area contributed by atoms with Crippen molar-refractivity contribution >= 4 is 0 Å². The third-order valence-corrected chi connectivity index (χ3v) is 2.38. The van der Waals surface area contributed by atoms with Crippen LogP contribution in [0.15, 0.2) is 35.4 Å². The van der Waals surface area contributed by atoms with E-state index in [1.54, 1.807) is 18.5 Å². The lowest BCUT2D eigenvalue weighted by Crippen LogP contribution is -2.08. The Balaban J connectivity index is 2.69. The van der Waals surface area contributed by atoms with Gasteiger partial charge in [0.1, 0.15) is 0 Å². The SMILES string of the molecule is Cc1cc(=O)[nH]c(C)c1-c1cccnc1. The Hall–Kier alpha value is -1.90. The fraction of sp³-hybridized carbons (Fsp3) is 0.167. The number of aryl methyl sites for hydroxylation is 2. The fourth-order valence-corrected chi connectivity index (χ4v) is 1.80. The van der Waals surface area contributed by atoms with Crippen molar-refractivity contribution in [2.45, 2.75) is 13.8 Å². The monoisotopic (exact) mass is 200 g/mol. The lowest BCUT2D eigenvalue weighted by atomic mass is 10.0. The normalized spacial score (nSPS) is 10.3. The second-order valence-electron chi connectivity index (χ2n) is 3.56. The van der Waals surface area contributed by atoms with Gasteiger partial charge in [-0.3, -0.25) is 9.78 Å². The van der Waals surface area contributed by atoms with Gasteiger partial charge in [-0.25, -0.2) is 0 Å². The molecule has 0 aliphatic rings. The smallest absolute Gasteiger partial charge is 0.248 e. The van der Waals surface area contributed by atoms with Gasteiger partial charge in [-0.2, -0.15) is 0 Å². The van der Waals surface area contributed by atoms with Crippen molar-refractivity contribution in [3.63, 3.8) is 0 Å². The van der Waals surface area contributed by atoms with Gasteiger partial charge in [-0.05, 0) is 25.5 Å². The van der Waals surface area contributed by atoms with E-state index in [0.717, 1.165) is 22.4 Å². The van der Waals surface area contributed by atoms with E-state index >= 15 is 0 Å². The molecule has 2 rings (SSSR count). The molecular weight excluding hydrogens is 188 g/mol. The van der Waals surface area contributed by atoms with E-state index in [4.69, 9.17) is 0 Å². The Morgan fingerprint density at radius 3 is 2.73 bits per heavy atom. The van der Waals surface area contributed by atoms with Gasteiger partial charge in [-0.15, -0.1) is 0 Å². The fourth-order valence-electron chi connectivity index (χ4n) is 1.80. The molecule has 1 N–H and O–H groups in total. The number of aromatic amines is 1. The van der Waals surface area contributed by atoms with E-state index in [1.165, 1.54) is 0 Å². The Morgan fingerprint density at radius 2 is 2.13 bits per heavy atom. The van der Waals surface area contributed by atoms with Gasteiger partial charge >= 0.3 is 0 Å². The molecule has 0 aliphatic carbocycles. The van der Waals surface area contributed by atoms with Crippen LogP contribution in [0, 0.1) is 13.8 Å². The van der Waals surface area contributed by atoms with Crippen LogP contribution in [0.1, 0.15) is 11.3 Å². The number of H-pyrrole nitrogens is 1. The molecule has 0 saturated carbocycles. The molecule has 2 heterocycles. The first-order valence-electron chi connectivity index (χ1n) is 4.79. The van der Waals surface area contributed by atoms with E-state index in [-0.39, 0.29) is 5.56 Å². The molecule has 0 bridgehead atoms. The van der Waals surface area contributed by atoms with E-state index in [2.05, 4.69) is 9.97 Å². The molecule has 2 aromatic heterocycles. The molecule has 15 heavy (non-hydrogen) atoms. The first-order chi connectivity index (χ1) is 7.18. The molecule has 0 fully saturated rings. The van der Waals surface area contributed by atoms with Crippen molar-refractivity contribution in [1.29, 1.82) is 0 Å². The minimum Gasteiger partial charge on any atom is -0.326 e. The van der Waals surface area contributed by atoms with Gasteiger partial charge in [0.25, 0.3) is 0 Å². The molecule has 0 spiro atoms. The second-order valence-corrected chi connectivity index (χ2v) is 3.56. The van der Waals surface area contributed by atoms with E-state index in [1.807, 2.05) is 26.0 Å². The summed E-state index contributed by atoms with van der Waals surface area (Å²) in [6.07, 6.45) is 3.54. The molecule has 0 aliphatic heterocycles. The second kappa shape index (κ2) is 3.69. The predicted octanol–water partition coefficient (Wildman–Crippen LogP) is 2.05. The molecule has 0 atom stereocenters. The third kappa shape index (κ3) is 1.81. The van der Waals surface area contributed by atoms with Gasteiger partial charge in [0.05, 0.1) is 0 Å². The van der Waals surface area contributed by atoms with Crippen molar-refractivity contribution in [1.82, 2.24) is 9.97 Å². The van der Waals surface area contributed by atoms with E-state index < -0.39 is 0 Å². The lowest BCUT2D eigenvalue weighted by Gasteiger charge is -2.08. The highest BCUT2D eigenvalue weighted by Gasteiger charge is 2.06. The number of hydrogen-bond acceptors (Lipinski definition) is 2. The summed E-state index contributed by atoms with van der Waals surface area (Å²) in [7, 11) is 0. The highest BCUT2D eigenvalue weighted by molar-refractivity contribution is 5.68. The van der Waals surface area contributed by atoms with Crippen LogP contribution in [0.5, 0.6) is 0 Å². The van der Waals surface area contributed by atoms with Crippen molar-refractivity contribution < 1.29 is 0 Å². The van der Waals surface area contributed by atoms with Crippen LogP contribution < -0.4 is 5.56 Å². The molecule has 0 amide bonds. The van der Waals surface area contributed by atoms with Crippen molar-refractivity contribution in [2.24, 2.45) is 0 Å². The van der Waals surface area contributed by atoms with E-state index in [0.29, 0.717) is 0 Å². The summed E-state index contributed by atoms with van der Waals surface area (Å²) in [5.41, 5.74) is 3.89. The number of nitrogens with one attached hydrogen (secondary N) is 1. The highest BCUT2D eigenvalue weighted by atomic mass is 16.1. The lowest BCUT2D eigenvalue weighted by molar-refractivity contribution is 1.12. The van der Waals surface area contributed by atoms with Crippen LogP contribution in [0.25, 0.3) is 11.1 Å². The summed E-state index contributed by atoms with van der Waals surface area (Å²) < 4.78 is 0. The zero-order chi connectivity index (χ0) is 10.8. The Bertz CT molecular complexity index is 503. The van der Waals surface area contributed by atoms with Gasteiger partial charge in [0.2, 0.25) is 5.56 Å². The van der Waals surface area contributed by atoms with Crippen molar-refractivity contribution in [2.75, 3.05) is 0 Å². The first kappa shape index (κ1) is 9.65. The third-order valence-electron chi connectivity index (χ3n) is 2.38. The Kier molecular flexibility index (Phi) is 2.37. The summed E-state index contributed by atoms with van der Waals surface area (Å²) in [6, 6.07) is 5.48. The molecule has 0 saturated heterocycles. The number of nitrogens with zero attached hydrogens (tertiary/aromatic N) is 1. The minimum atomic E-state index is -0.0577. The number of rotatable bonds is 1. The zero-order valence-electron chi connectivity index (χ0n) is 8.74.